The van der Waals surface area contributed by atoms with E-state index in [1.54, 1.807) is 18.2 Å². The number of hydrogen-bond donors (Lipinski definition) is 0. The number of fused-ring (bicyclic) bond motifs is 1. The van der Waals surface area contributed by atoms with Gasteiger partial charge in [-0.15, -0.1) is 11.6 Å². The number of para-hydroxylation sites is 1. The third-order valence-electron chi connectivity index (χ3n) is 2.92. The lowest BCUT2D eigenvalue weighted by atomic mass is 10.2. The molecule has 1 heterocycles. The first-order chi connectivity index (χ1) is 9.46. The van der Waals surface area contributed by atoms with Crippen molar-refractivity contribution in [3.8, 4) is 6.07 Å². The summed E-state index contributed by atoms with van der Waals surface area (Å²) < 4.78 is 38.7. The first-order valence-corrected chi connectivity index (χ1v) is 6.50. The summed E-state index contributed by atoms with van der Waals surface area (Å²) in [4.78, 5) is 4.26. The molecular weight excluding hydrogens is 291 g/mol. The van der Waals surface area contributed by atoms with Gasteiger partial charge >= 0.3 is 6.18 Å². The number of alkyl halides is 4. The highest BCUT2D eigenvalue weighted by atomic mass is 35.5. The summed E-state index contributed by atoms with van der Waals surface area (Å²) in [6.07, 6.45) is -4.81. The van der Waals surface area contributed by atoms with Crippen LogP contribution in [-0.4, -0.2) is 21.6 Å². The third kappa shape index (κ3) is 3.05. The molecule has 0 aliphatic heterocycles. The van der Waals surface area contributed by atoms with Gasteiger partial charge in [0.05, 0.1) is 17.5 Å². The zero-order valence-electron chi connectivity index (χ0n) is 10.4. The molecular formula is C13H11ClF3N3. The lowest BCUT2D eigenvalue weighted by molar-refractivity contribution is -0.136. The fourth-order valence-electron chi connectivity index (χ4n) is 2.05. The maximum absolute atomic E-state index is 12.4. The van der Waals surface area contributed by atoms with Crippen LogP contribution in [0.3, 0.4) is 0 Å². The monoisotopic (exact) mass is 301 g/mol. The molecule has 0 saturated heterocycles. The Morgan fingerprint density at radius 1 is 1.35 bits per heavy atom. The minimum Gasteiger partial charge on any atom is -0.328 e. The molecule has 2 rings (SSSR count). The molecule has 1 aromatic heterocycles. The summed E-state index contributed by atoms with van der Waals surface area (Å²) in [6, 6.07) is 6.89. The van der Waals surface area contributed by atoms with Crippen molar-refractivity contribution in [2.24, 2.45) is 0 Å². The van der Waals surface area contributed by atoms with E-state index < -0.39 is 12.6 Å². The van der Waals surface area contributed by atoms with E-state index >= 15 is 0 Å². The van der Waals surface area contributed by atoms with Gasteiger partial charge in [-0.1, -0.05) is 6.07 Å². The van der Waals surface area contributed by atoms with Crippen LogP contribution in [-0.2, 0) is 13.0 Å². The van der Waals surface area contributed by atoms with Gasteiger partial charge in [-0.25, -0.2) is 4.98 Å². The van der Waals surface area contributed by atoms with E-state index in [1.807, 2.05) is 6.07 Å². The summed E-state index contributed by atoms with van der Waals surface area (Å²) in [5, 5.41) is 9.02. The largest absolute Gasteiger partial charge is 0.390 e. The summed E-state index contributed by atoms with van der Waals surface area (Å²) in [5.74, 6) is 0.735. The van der Waals surface area contributed by atoms with Gasteiger partial charge in [0.1, 0.15) is 17.4 Å². The average Bonchev–Trinajstić information content (AvgIpc) is 2.73. The van der Waals surface area contributed by atoms with Crippen molar-refractivity contribution in [2.75, 3.05) is 5.88 Å². The predicted molar refractivity (Wildman–Crippen MR) is 69.5 cm³/mol. The van der Waals surface area contributed by atoms with E-state index in [1.165, 1.54) is 4.57 Å². The SMILES string of the molecule is N#Cc1cccc2c1nc(CCCl)n2CCC(F)(F)F. The highest BCUT2D eigenvalue weighted by molar-refractivity contribution is 6.17. The molecule has 0 aliphatic rings. The van der Waals surface area contributed by atoms with Crippen molar-refractivity contribution in [1.29, 1.82) is 5.26 Å². The number of halogens is 4. The smallest absolute Gasteiger partial charge is 0.328 e. The van der Waals surface area contributed by atoms with Gasteiger partial charge in [0, 0.05) is 18.8 Å². The summed E-state index contributed by atoms with van der Waals surface area (Å²) >= 11 is 5.66. The topological polar surface area (TPSA) is 41.6 Å². The Kier molecular flexibility index (Phi) is 4.19. The molecule has 0 unspecified atom stereocenters. The van der Waals surface area contributed by atoms with Crippen LogP contribution in [0.1, 0.15) is 17.8 Å². The Bertz CT molecular complexity index is 655. The second kappa shape index (κ2) is 5.71. The van der Waals surface area contributed by atoms with E-state index in [0.717, 1.165) is 0 Å². The maximum atomic E-state index is 12.4. The lowest BCUT2D eigenvalue weighted by Crippen LogP contribution is -2.14. The van der Waals surface area contributed by atoms with Gasteiger partial charge in [-0.05, 0) is 12.1 Å². The van der Waals surface area contributed by atoms with Crippen molar-refractivity contribution in [1.82, 2.24) is 9.55 Å². The van der Waals surface area contributed by atoms with E-state index in [2.05, 4.69) is 4.98 Å². The normalized spacial score (nSPS) is 11.8. The number of aryl methyl sites for hydroxylation is 2. The van der Waals surface area contributed by atoms with E-state index in [0.29, 0.717) is 28.8 Å². The molecule has 7 heteroatoms. The molecule has 0 N–H and O–H groups in total. The number of benzene rings is 1. The number of aromatic nitrogens is 2. The van der Waals surface area contributed by atoms with Crippen molar-refractivity contribution in [3.05, 3.63) is 29.6 Å². The van der Waals surface area contributed by atoms with E-state index in [4.69, 9.17) is 16.9 Å². The quantitative estimate of drug-likeness (QED) is 0.809. The summed E-state index contributed by atoms with van der Waals surface area (Å²) in [6.45, 7) is -0.221. The Morgan fingerprint density at radius 2 is 2.10 bits per heavy atom. The molecule has 0 spiro atoms. The maximum Gasteiger partial charge on any atom is 0.390 e. The standard InChI is InChI=1S/C13H11ClF3N3/c14-6-4-11-19-12-9(8-18)2-1-3-10(12)20(11)7-5-13(15,16)17/h1-3H,4-7H2. The highest BCUT2D eigenvalue weighted by Crippen LogP contribution is 2.25. The van der Waals surface area contributed by atoms with Crippen LogP contribution in [0.4, 0.5) is 13.2 Å². The van der Waals surface area contributed by atoms with Crippen LogP contribution in [0.15, 0.2) is 18.2 Å². The Hall–Kier alpha value is -1.74. The number of hydrogen-bond acceptors (Lipinski definition) is 2. The highest BCUT2D eigenvalue weighted by Gasteiger charge is 2.27. The zero-order valence-corrected chi connectivity index (χ0v) is 11.2. The fourth-order valence-corrected chi connectivity index (χ4v) is 2.22. The average molecular weight is 302 g/mol. The van der Waals surface area contributed by atoms with Gasteiger partial charge < -0.3 is 4.57 Å². The van der Waals surface area contributed by atoms with E-state index in [9.17, 15) is 13.2 Å². The second-order valence-electron chi connectivity index (χ2n) is 4.27. The molecule has 0 saturated carbocycles. The molecule has 0 fully saturated rings. The molecule has 20 heavy (non-hydrogen) atoms. The first-order valence-electron chi connectivity index (χ1n) is 5.97. The van der Waals surface area contributed by atoms with Crippen LogP contribution in [0.2, 0.25) is 0 Å². The van der Waals surface area contributed by atoms with E-state index in [-0.39, 0.29) is 12.4 Å². The lowest BCUT2D eigenvalue weighted by Gasteiger charge is -2.10. The zero-order chi connectivity index (χ0) is 14.8. The Labute approximate surface area is 118 Å². The van der Waals surface area contributed by atoms with Gasteiger partial charge in [0.15, 0.2) is 0 Å². The van der Waals surface area contributed by atoms with Crippen LogP contribution in [0.25, 0.3) is 11.0 Å². The first kappa shape index (κ1) is 14.7. The van der Waals surface area contributed by atoms with Crippen molar-refractivity contribution >= 4 is 22.6 Å². The molecule has 106 valence electrons. The Morgan fingerprint density at radius 3 is 2.70 bits per heavy atom. The molecule has 1 aromatic carbocycles. The molecule has 0 radical (unpaired) electrons. The minimum atomic E-state index is -4.23. The number of nitriles is 1. The fraction of sp³-hybridized carbons (Fsp3) is 0.385. The van der Waals surface area contributed by atoms with Crippen molar-refractivity contribution < 1.29 is 13.2 Å². The molecule has 0 atom stereocenters. The van der Waals surface area contributed by atoms with Crippen LogP contribution < -0.4 is 0 Å². The summed E-state index contributed by atoms with van der Waals surface area (Å²) in [5.41, 5.74) is 1.31. The Balaban J connectivity index is 2.49. The van der Waals surface area contributed by atoms with Gasteiger partial charge in [-0.3, -0.25) is 0 Å². The second-order valence-corrected chi connectivity index (χ2v) is 4.65. The number of rotatable bonds is 4. The predicted octanol–water partition coefficient (Wildman–Crippen LogP) is 3.64. The minimum absolute atomic E-state index is 0.221. The molecule has 3 nitrogen and oxygen atoms in total. The molecule has 2 aromatic rings. The van der Waals surface area contributed by atoms with Crippen molar-refractivity contribution in [3.63, 3.8) is 0 Å². The number of nitrogens with zero attached hydrogens (tertiary/aromatic N) is 3. The van der Waals surface area contributed by atoms with Crippen LogP contribution in [0.5, 0.6) is 0 Å². The van der Waals surface area contributed by atoms with Gasteiger partial charge in [0.25, 0.3) is 0 Å². The molecule has 0 aliphatic carbocycles. The molecule has 0 amide bonds. The van der Waals surface area contributed by atoms with Gasteiger partial charge in [0.2, 0.25) is 0 Å². The molecule has 0 bridgehead atoms. The van der Waals surface area contributed by atoms with Crippen LogP contribution >= 0.6 is 11.6 Å². The van der Waals surface area contributed by atoms with Crippen molar-refractivity contribution in [2.45, 2.75) is 25.6 Å². The number of imidazole rings is 1. The van der Waals surface area contributed by atoms with Gasteiger partial charge in [-0.2, -0.15) is 18.4 Å². The van der Waals surface area contributed by atoms with Crippen LogP contribution in [0, 0.1) is 11.3 Å². The summed E-state index contributed by atoms with van der Waals surface area (Å²) in [7, 11) is 0. The third-order valence-corrected chi connectivity index (χ3v) is 3.10.